The zero-order valence-electron chi connectivity index (χ0n) is 23.5. The molecule has 1 aliphatic heterocycles. The predicted molar refractivity (Wildman–Crippen MR) is 159 cm³/mol. The summed E-state index contributed by atoms with van der Waals surface area (Å²) in [6.07, 6.45) is 10.3. The molecule has 1 saturated heterocycles. The third-order valence-electron chi connectivity index (χ3n) is 8.59. The first-order chi connectivity index (χ1) is 20.7. The van der Waals surface area contributed by atoms with Crippen LogP contribution in [0.15, 0.2) is 61.3 Å². The fourth-order valence-electron chi connectivity index (χ4n) is 6.71. The number of nitrogens with one attached hydrogen (secondary N) is 1. The van der Waals surface area contributed by atoms with Gasteiger partial charge in [0.05, 0.1) is 51.6 Å². The van der Waals surface area contributed by atoms with Crippen molar-refractivity contribution in [3.05, 3.63) is 83.3 Å². The number of nitrogens with zero attached hydrogens (tertiary/aromatic N) is 8. The van der Waals surface area contributed by atoms with E-state index in [2.05, 4.69) is 26.5 Å². The summed E-state index contributed by atoms with van der Waals surface area (Å²) >= 11 is 6.12. The lowest BCUT2D eigenvalue weighted by Gasteiger charge is -2.29. The first kappa shape index (κ1) is 27.0. The van der Waals surface area contributed by atoms with Crippen LogP contribution in [0.1, 0.15) is 35.7 Å². The number of carbonyl (C=O) groups excluding carboxylic acids is 1. The van der Waals surface area contributed by atoms with Gasteiger partial charge in [0.2, 0.25) is 0 Å². The largest absolute Gasteiger partial charge is 0.355 e. The molecule has 5 heterocycles. The summed E-state index contributed by atoms with van der Waals surface area (Å²) in [4.78, 5) is 24.7. The maximum absolute atomic E-state index is 14.3. The lowest BCUT2D eigenvalue weighted by Crippen LogP contribution is -2.45. The number of benzene rings is 1. The summed E-state index contributed by atoms with van der Waals surface area (Å²) in [5.74, 6) is 0.363. The van der Waals surface area contributed by atoms with Crippen LogP contribution in [0.5, 0.6) is 0 Å². The van der Waals surface area contributed by atoms with Gasteiger partial charge in [-0.3, -0.25) is 14.5 Å². The summed E-state index contributed by atoms with van der Waals surface area (Å²) in [7, 11) is 1.86. The first-order valence-corrected chi connectivity index (χ1v) is 14.3. The quantitative estimate of drug-likeness (QED) is 0.307. The van der Waals surface area contributed by atoms with Crippen LogP contribution in [-0.4, -0.2) is 53.9 Å². The number of hydrogen-bond donors (Lipinski definition) is 1. The van der Waals surface area contributed by atoms with Gasteiger partial charge >= 0.3 is 0 Å². The second-order valence-corrected chi connectivity index (χ2v) is 12.1. The van der Waals surface area contributed by atoms with Crippen molar-refractivity contribution in [1.82, 2.24) is 34.7 Å². The maximum Gasteiger partial charge on any atom is 0.256 e. The molecule has 3 atom stereocenters. The number of nitriles is 1. The molecular formula is C31H27ClFN9O. The Morgan fingerprint density at radius 2 is 1.93 bits per heavy atom. The van der Waals surface area contributed by atoms with Crippen molar-refractivity contribution in [2.24, 2.45) is 18.9 Å². The van der Waals surface area contributed by atoms with Gasteiger partial charge in [0.1, 0.15) is 17.7 Å². The molecule has 1 aliphatic carbocycles. The molecule has 1 unspecified atom stereocenters. The summed E-state index contributed by atoms with van der Waals surface area (Å²) in [6, 6.07) is 10.4. The molecule has 1 amide bonds. The first-order valence-electron chi connectivity index (χ1n) is 14.0. The van der Waals surface area contributed by atoms with E-state index < -0.39 is 17.3 Å². The molecule has 10 nitrogen and oxygen atoms in total. The van der Waals surface area contributed by atoms with Gasteiger partial charge in [-0.15, -0.1) is 0 Å². The number of aryl methyl sites for hydroxylation is 1. The topological polar surface area (TPSA) is 117 Å². The SMILES string of the molecule is Cn1ccc(-c2cc(-c3cnc(N4C[C@@H]5CC(C)(NC(=O)c6c(F)cccc6Cl)C[C@@H]5C4)cn3)c3c(C#N)cnn3c2)n1. The van der Waals surface area contributed by atoms with Crippen LogP contribution in [-0.2, 0) is 7.05 Å². The van der Waals surface area contributed by atoms with Crippen molar-refractivity contribution in [3.8, 4) is 28.6 Å². The van der Waals surface area contributed by atoms with Crippen molar-refractivity contribution in [1.29, 1.82) is 5.26 Å². The van der Waals surface area contributed by atoms with Crippen LogP contribution in [0.2, 0.25) is 5.02 Å². The van der Waals surface area contributed by atoms with Crippen LogP contribution < -0.4 is 10.2 Å². The average molecular weight is 596 g/mol. The minimum absolute atomic E-state index is 0.105. The van der Waals surface area contributed by atoms with Gasteiger partial charge in [0, 0.05) is 49.2 Å². The summed E-state index contributed by atoms with van der Waals surface area (Å²) in [6.45, 7) is 3.58. The van der Waals surface area contributed by atoms with Crippen molar-refractivity contribution in [2.75, 3.05) is 18.0 Å². The third kappa shape index (κ3) is 4.77. The molecule has 2 fully saturated rings. The fourth-order valence-corrected chi connectivity index (χ4v) is 6.96. The Hall–Kier alpha value is -4.82. The van der Waals surface area contributed by atoms with Gasteiger partial charge in [0.15, 0.2) is 0 Å². The van der Waals surface area contributed by atoms with Gasteiger partial charge in [-0.2, -0.15) is 15.5 Å². The Kier molecular flexibility index (Phi) is 6.39. The highest BCUT2D eigenvalue weighted by Crippen LogP contribution is 2.45. The van der Waals surface area contributed by atoms with Crippen LogP contribution in [0.3, 0.4) is 0 Å². The molecule has 12 heteroatoms. The normalized spacial score (nSPS) is 21.2. The average Bonchev–Trinajstić information content (AvgIpc) is 3.75. The fraction of sp³-hybridized carbons (Fsp3) is 0.290. The molecule has 2 aliphatic rings. The van der Waals surface area contributed by atoms with Crippen LogP contribution in [0.4, 0.5) is 10.2 Å². The summed E-state index contributed by atoms with van der Waals surface area (Å²) < 4.78 is 17.7. The van der Waals surface area contributed by atoms with E-state index in [0.29, 0.717) is 28.6 Å². The number of hydrogen-bond acceptors (Lipinski definition) is 7. The standard InChI is InChI=1S/C31H27ClFN9O/c1-31(38-30(43)28-23(32)4-3-5-24(28)33)9-19-15-41(16-20(19)10-31)27-14-35-26(13-36-27)22-8-18(25-6-7-40(2)39-25)17-42-29(22)21(11-34)12-37-42/h3-8,12-14,17,19-20H,9-10,15-16H2,1-2H3,(H,38,43)/t19-,20+,31?. The molecule has 1 aromatic carbocycles. The molecule has 4 aromatic heterocycles. The van der Waals surface area contributed by atoms with Crippen molar-refractivity contribution in [3.63, 3.8) is 0 Å². The van der Waals surface area contributed by atoms with E-state index in [1.54, 1.807) is 27.8 Å². The van der Waals surface area contributed by atoms with Crippen molar-refractivity contribution < 1.29 is 9.18 Å². The Morgan fingerprint density at radius 3 is 2.58 bits per heavy atom. The third-order valence-corrected chi connectivity index (χ3v) is 8.90. The number of pyridine rings is 1. The molecule has 43 heavy (non-hydrogen) atoms. The Morgan fingerprint density at radius 1 is 1.14 bits per heavy atom. The zero-order chi connectivity index (χ0) is 29.9. The highest BCUT2D eigenvalue weighted by molar-refractivity contribution is 6.33. The lowest BCUT2D eigenvalue weighted by atomic mass is 9.97. The summed E-state index contributed by atoms with van der Waals surface area (Å²) in [5, 5.41) is 21.8. The number of fused-ring (bicyclic) bond motifs is 2. The molecular weight excluding hydrogens is 569 g/mol. The van der Waals surface area contributed by atoms with E-state index in [1.165, 1.54) is 18.2 Å². The molecule has 0 radical (unpaired) electrons. The molecule has 1 N–H and O–H groups in total. The van der Waals surface area contributed by atoms with E-state index in [4.69, 9.17) is 21.6 Å². The number of halogens is 2. The van der Waals surface area contributed by atoms with Gasteiger partial charge in [0.25, 0.3) is 5.91 Å². The van der Waals surface area contributed by atoms with E-state index >= 15 is 0 Å². The number of rotatable bonds is 5. The van der Waals surface area contributed by atoms with Gasteiger partial charge in [-0.25, -0.2) is 13.9 Å². The number of amides is 1. The maximum atomic E-state index is 14.3. The molecule has 0 spiro atoms. The molecule has 0 bridgehead atoms. The lowest BCUT2D eigenvalue weighted by molar-refractivity contribution is 0.0901. The zero-order valence-corrected chi connectivity index (χ0v) is 24.3. The number of carbonyl (C=O) groups is 1. The minimum Gasteiger partial charge on any atom is -0.355 e. The second kappa shape index (κ2) is 10.2. The van der Waals surface area contributed by atoms with E-state index in [-0.39, 0.29) is 10.6 Å². The van der Waals surface area contributed by atoms with E-state index in [1.807, 2.05) is 38.5 Å². The minimum atomic E-state index is -0.624. The molecule has 1 saturated carbocycles. The second-order valence-electron chi connectivity index (χ2n) is 11.7. The van der Waals surface area contributed by atoms with Crippen LogP contribution >= 0.6 is 11.6 Å². The van der Waals surface area contributed by atoms with Gasteiger partial charge in [-0.05, 0) is 55.9 Å². The Labute approximate surface area is 251 Å². The highest BCUT2D eigenvalue weighted by atomic mass is 35.5. The highest BCUT2D eigenvalue weighted by Gasteiger charge is 2.48. The Balaban J connectivity index is 1.09. The number of anilines is 1. The predicted octanol–water partition coefficient (Wildman–Crippen LogP) is 4.89. The van der Waals surface area contributed by atoms with Gasteiger partial charge < -0.3 is 10.2 Å². The van der Waals surface area contributed by atoms with Crippen molar-refractivity contribution >= 4 is 28.8 Å². The Bertz CT molecular complexity index is 1890. The molecule has 5 aromatic rings. The van der Waals surface area contributed by atoms with E-state index in [9.17, 15) is 14.4 Å². The summed E-state index contributed by atoms with van der Waals surface area (Å²) in [5.41, 5.74) is 3.56. The van der Waals surface area contributed by atoms with Crippen LogP contribution in [0, 0.1) is 29.0 Å². The molecule has 216 valence electrons. The van der Waals surface area contributed by atoms with Crippen LogP contribution in [0.25, 0.3) is 28.0 Å². The van der Waals surface area contributed by atoms with Crippen molar-refractivity contribution in [2.45, 2.75) is 25.3 Å². The van der Waals surface area contributed by atoms with Gasteiger partial charge in [-0.1, -0.05) is 17.7 Å². The number of aromatic nitrogens is 6. The van der Waals surface area contributed by atoms with E-state index in [0.717, 1.165) is 48.6 Å². The smallest absolute Gasteiger partial charge is 0.256 e. The molecule has 7 rings (SSSR count). The monoisotopic (exact) mass is 595 g/mol.